The average Bonchev–Trinajstić information content (AvgIpc) is 2.99. The minimum atomic E-state index is -3.83. The maximum absolute atomic E-state index is 12.7. The van der Waals surface area contributed by atoms with Crippen LogP contribution in [0.4, 0.5) is 11.4 Å². The molecule has 2 atom stereocenters. The van der Waals surface area contributed by atoms with E-state index in [0.29, 0.717) is 11.3 Å². The number of benzene rings is 2. The topological polar surface area (TPSA) is 101 Å². The van der Waals surface area contributed by atoms with Crippen LogP contribution in [0.15, 0.2) is 47.4 Å². The first kappa shape index (κ1) is 16.1. The van der Waals surface area contributed by atoms with Crippen LogP contribution < -0.4 is 15.8 Å². The summed E-state index contributed by atoms with van der Waals surface area (Å²) >= 11 is 0. The molecule has 0 saturated heterocycles. The van der Waals surface area contributed by atoms with E-state index in [4.69, 9.17) is 5.14 Å². The van der Waals surface area contributed by atoms with E-state index in [0.717, 1.165) is 11.3 Å². The minimum Gasteiger partial charge on any atom is -0.380 e. The van der Waals surface area contributed by atoms with E-state index in [-0.39, 0.29) is 22.3 Å². The lowest BCUT2D eigenvalue weighted by atomic mass is 9.73. The van der Waals surface area contributed by atoms with Gasteiger partial charge in [0.15, 0.2) is 0 Å². The van der Waals surface area contributed by atoms with E-state index < -0.39 is 15.9 Å². The monoisotopic (exact) mass is 357 g/mol. The van der Waals surface area contributed by atoms with Gasteiger partial charge in [-0.1, -0.05) is 32.0 Å². The summed E-state index contributed by atoms with van der Waals surface area (Å²) < 4.78 is 23.4. The zero-order valence-corrected chi connectivity index (χ0v) is 14.7. The highest BCUT2D eigenvalue weighted by atomic mass is 32.2. The number of nitrogens with two attached hydrogens (primary N) is 1. The van der Waals surface area contributed by atoms with Gasteiger partial charge in [0.05, 0.1) is 16.9 Å². The van der Waals surface area contributed by atoms with Crippen molar-refractivity contribution in [2.75, 3.05) is 10.6 Å². The van der Waals surface area contributed by atoms with Gasteiger partial charge in [-0.25, -0.2) is 13.6 Å². The molecule has 2 aliphatic heterocycles. The molecule has 2 heterocycles. The molecule has 0 radical (unpaired) electrons. The van der Waals surface area contributed by atoms with Crippen molar-refractivity contribution in [3.63, 3.8) is 0 Å². The molecule has 2 aliphatic rings. The predicted octanol–water partition coefficient (Wildman–Crippen LogP) is 2.14. The number of hydrogen-bond donors (Lipinski definition) is 3. The third-order valence-corrected chi connectivity index (χ3v) is 6.18. The van der Waals surface area contributed by atoms with Crippen molar-refractivity contribution in [1.82, 2.24) is 0 Å². The second kappa shape index (κ2) is 5.06. The van der Waals surface area contributed by atoms with E-state index in [9.17, 15) is 13.2 Å². The molecule has 0 aromatic heterocycles. The van der Waals surface area contributed by atoms with Crippen LogP contribution in [0, 0.1) is 0 Å². The molecule has 7 heteroatoms. The second-order valence-corrected chi connectivity index (χ2v) is 8.71. The number of sulfonamides is 1. The lowest BCUT2D eigenvalue weighted by Crippen LogP contribution is -2.41. The van der Waals surface area contributed by atoms with Gasteiger partial charge in [0, 0.05) is 16.8 Å². The van der Waals surface area contributed by atoms with Crippen LogP contribution in [0.2, 0.25) is 0 Å². The SMILES string of the molecule is CC1(C)c2ccccc2NC1C1C(=O)Nc2ccc(S(N)(=O)=O)cc21. The van der Waals surface area contributed by atoms with Gasteiger partial charge in [0.2, 0.25) is 15.9 Å². The molecular formula is C18H19N3O3S. The molecule has 0 bridgehead atoms. The summed E-state index contributed by atoms with van der Waals surface area (Å²) in [6.45, 7) is 4.18. The molecule has 4 N–H and O–H groups in total. The molecule has 2 aromatic rings. The van der Waals surface area contributed by atoms with Crippen LogP contribution in [-0.4, -0.2) is 20.4 Å². The molecule has 0 saturated carbocycles. The highest BCUT2D eigenvalue weighted by Crippen LogP contribution is 2.49. The van der Waals surface area contributed by atoms with E-state index in [2.05, 4.69) is 30.5 Å². The molecule has 6 nitrogen and oxygen atoms in total. The molecule has 0 spiro atoms. The second-order valence-electron chi connectivity index (χ2n) is 7.15. The number of para-hydroxylation sites is 1. The Morgan fingerprint density at radius 3 is 2.48 bits per heavy atom. The van der Waals surface area contributed by atoms with E-state index in [1.165, 1.54) is 12.1 Å². The fraction of sp³-hybridized carbons (Fsp3) is 0.278. The Kier molecular flexibility index (Phi) is 3.26. The van der Waals surface area contributed by atoms with Crippen LogP contribution in [0.3, 0.4) is 0 Å². The van der Waals surface area contributed by atoms with Gasteiger partial charge in [-0.15, -0.1) is 0 Å². The Bertz CT molecular complexity index is 998. The number of carbonyl (C=O) groups excluding carboxylic acids is 1. The zero-order chi connectivity index (χ0) is 18.0. The Labute approximate surface area is 146 Å². The summed E-state index contributed by atoms with van der Waals surface area (Å²) in [6.07, 6.45) is 0. The number of nitrogens with one attached hydrogen (secondary N) is 2. The highest BCUT2D eigenvalue weighted by molar-refractivity contribution is 7.89. The lowest BCUT2D eigenvalue weighted by molar-refractivity contribution is -0.117. The summed E-state index contributed by atoms with van der Waals surface area (Å²) in [5.41, 5.74) is 3.15. The number of amides is 1. The maximum Gasteiger partial charge on any atom is 0.238 e. The number of rotatable bonds is 2. The maximum atomic E-state index is 12.7. The standard InChI is InChI=1S/C18H19N3O3S/c1-18(2)12-5-3-4-6-14(12)20-16(18)15-11-9-10(25(19,23)24)7-8-13(11)21-17(15)22/h3-9,15-16,20H,1-2H3,(H,21,22)(H2,19,23,24). The number of primary sulfonamides is 1. The van der Waals surface area contributed by atoms with Crippen LogP contribution in [0.5, 0.6) is 0 Å². The number of hydrogen-bond acceptors (Lipinski definition) is 4. The minimum absolute atomic E-state index is 0.0149. The third kappa shape index (κ3) is 2.34. The Morgan fingerprint density at radius 2 is 1.80 bits per heavy atom. The molecule has 0 fully saturated rings. The number of fused-ring (bicyclic) bond motifs is 2. The quantitative estimate of drug-likeness (QED) is 0.766. The van der Waals surface area contributed by atoms with Gasteiger partial charge in [-0.2, -0.15) is 0 Å². The fourth-order valence-corrected chi connectivity index (χ4v) is 4.51. The van der Waals surface area contributed by atoms with Crippen molar-refractivity contribution in [3.8, 4) is 0 Å². The van der Waals surface area contributed by atoms with Crippen molar-refractivity contribution in [3.05, 3.63) is 53.6 Å². The number of anilines is 2. The first-order chi connectivity index (χ1) is 11.7. The summed E-state index contributed by atoms with van der Waals surface area (Å²) in [4.78, 5) is 12.7. The third-order valence-electron chi connectivity index (χ3n) is 5.27. The van der Waals surface area contributed by atoms with E-state index >= 15 is 0 Å². The summed E-state index contributed by atoms with van der Waals surface area (Å²) in [7, 11) is -3.83. The fourth-order valence-electron chi connectivity index (χ4n) is 3.96. The molecular weight excluding hydrogens is 338 g/mol. The molecule has 4 rings (SSSR count). The van der Waals surface area contributed by atoms with Gasteiger partial charge in [-0.05, 0) is 35.4 Å². The highest BCUT2D eigenvalue weighted by Gasteiger charge is 2.49. The predicted molar refractivity (Wildman–Crippen MR) is 96.1 cm³/mol. The van der Waals surface area contributed by atoms with Gasteiger partial charge in [0.1, 0.15) is 0 Å². The largest absolute Gasteiger partial charge is 0.380 e. The van der Waals surface area contributed by atoms with E-state index in [1.807, 2.05) is 18.2 Å². The average molecular weight is 357 g/mol. The van der Waals surface area contributed by atoms with Gasteiger partial charge in [0.25, 0.3) is 0 Å². The van der Waals surface area contributed by atoms with Crippen LogP contribution >= 0.6 is 0 Å². The molecule has 0 aliphatic carbocycles. The van der Waals surface area contributed by atoms with Crippen molar-refractivity contribution < 1.29 is 13.2 Å². The van der Waals surface area contributed by atoms with Gasteiger partial charge >= 0.3 is 0 Å². The molecule has 2 unspecified atom stereocenters. The molecule has 130 valence electrons. The Hall–Kier alpha value is -2.38. The normalized spacial score (nSPS) is 23.6. The Morgan fingerprint density at radius 1 is 1.08 bits per heavy atom. The van der Waals surface area contributed by atoms with Gasteiger partial charge in [-0.3, -0.25) is 4.79 Å². The van der Waals surface area contributed by atoms with Crippen molar-refractivity contribution >= 4 is 27.3 Å². The molecule has 25 heavy (non-hydrogen) atoms. The van der Waals surface area contributed by atoms with Crippen LogP contribution in [0.25, 0.3) is 0 Å². The van der Waals surface area contributed by atoms with E-state index in [1.54, 1.807) is 6.07 Å². The van der Waals surface area contributed by atoms with Crippen molar-refractivity contribution in [2.24, 2.45) is 5.14 Å². The van der Waals surface area contributed by atoms with Crippen LogP contribution in [0.1, 0.15) is 30.9 Å². The summed E-state index contributed by atoms with van der Waals surface area (Å²) in [5.74, 6) is -0.640. The smallest absolute Gasteiger partial charge is 0.238 e. The molecule has 2 aromatic carbocycles. The number of carbonyl (C=O) groups is 1. The Balaban J connectivity index is 1.83. The zero-order valence-electron chi connectivity index (χ0n) is 13.9. The van der Waals surface area contributed by atoms with Crippen molar-refractivity contribution in [1.29, 1.82) is 0 Å². The summed E-state index contributed by atoms with van der Waals surface area (Å²) in [5, 5.41) is 11.6. The molecule has 1 amide bonds. The van der Waals surface area contributed by atoms with Crippen molar-refractivity contribution in [2.45, 2.75) is 36.1 Å². The lowest BCUT2D eigenvalue weighted by Gasteiger charge is -2.31. The van der Waals surface area contributed by atoms with Crippen LogP contribution in [-0.2, 0) is 20.2 Å². The summed E-state index contributed by atoms with van der Waals surface area (Å²) in [6, 6.07) is 12.3. The first-order valence-corrected chi connectivity index (χ1v) is 9.58. The first-order valence-electron chi connectivity index (χ1n) is 8.03. The van der Waals surface area contributed by atoms with Gasteiger partial charge < -0.3 is 10.6 Å².